The van der Waals surface area contributed by atoms with E-state index >= 15 is 0 Å². The first-order valence-electron chi connectivity index (χ1n) is 9.51. The van der Waals surface area contributed by atoms with Crippen molar-refractivity contribution in [1.82, 2.24) is 0 Å². The first kappa shape index (κ1) is 17.1. The van der Waals surface area contributed by atoms with Crippen molar-refractivity contribution in [3.05, 3.63) is 47.2 Å². The second-order valence-electron chi connectivity index (χ2n) is 9.19. The lowest BCUT2D eigenvalue weighted by Gasteiger charge is -2.64. The lowest BCUT2D eigenvalue weighted by atomic mass is 9.39. The first-order valence-corrected chi connectivity index (χ1v) is 9.51. The molecular weight excluding hydrogens is 344 g/mol. The molecule has 1 N–H and O–H groups in total. The highest BCUT2D eigenvalue weighted by molar-refractivity contribution is 6.09. The summed E-state index contributed by atoms with van der Waals surface area (Å²) in [4.78, 5) is 26.9. The molecule has 0 spiro atoms. The summed E-state index contributed by atoms with van der Waals surface area (Å²) in [6, 6.07) is 9.55. The van der Waals surface area contributed by atoms with Crippen LogP contribution in [-0.4, -0.2) is 34.5 Å². The van der Waals surface area contributed by atoms with E-state index in [-0.39, 0.29) is 36.1 Å². The van der Waals surface area contributed by atoms with Crippen molar-refractivity contribution in [2.45, 2.75) is 51.4 Å². The molecule has 5 heteroatoms. The van der Waals surface area contributed by atoms with Gasteiger partial charge in [-0.2, -0.15) is 0 Å². The molecule has 0 aromatic heterocycles. The fourth-order valence-corrected chi connectivity index (χ4v) is 5.96. The van der Waals surface area contributed by atoms with Gasteiger partial charge in [-0.15, -0.1) is 0 Å². The SMILES string of the molecule is CC1(C)C2CO[C@@]3(C)C(=O)[C@]1(C)C1=C(C(=O)C[C@@H](c4ccccc4)O1)[C@@]23O. The number of benzene rings is 1. The van der Waals surface area contributed by atoms with Crippen LogP contribution in [0.15, 0.2) is 41.7 Å². The van der Waals surface area contributed by atoms with E-state index in [1.54, 1.807) is 6.92 Å². The molecule has 1 aromatic rings. The Bertz CT molecular complexity index is 916. The second-order valence-corrected chi connectivity index (χ2v) is 9.19. The van der Waals surface area contributed by atoms with Crippen molar-refractivity contribution in [1.29, 1.82) is 0 Å². The smallest absolute Gasteiger partial charge is 0.181 e. The highest BCUT2D eigenvalue weighted by Gasteiger charge is 2.83. The molecule has 5 atom stereocenters. The molecule has 0 amide bonds. The van der Waals surface area contributed by atoms with Crippen LogP contribution in [0, 0.1) is 16.7 Å². The molecule has 2 fully saturated rings. The third-order valence-corrected chi connectivity index (χ3v) is 7.96. The Hall–Kier alpha value is -1.98. The van der Waals surface area contributed by atoms with E-state index in [1.807, 2.05) is 51.1 Å². The Labute approximate surface area is 158 Å². The van der Waals surface area contributed by atoms with Gasteiger partial charge in [0.15, 0.2) is 17.2 Å². The van der Waals surface area contributed by atoms with Gasteiger partial charge in [0.25, 0.3) is 0 Å². The molecule has 1 aromatic carbocycles. The predicted octanol–water partition coefficient (Wildman–Crippen LogP) is 2.74. The standard InChI is InChI=1S/C22H24O5/c1-19(2)15-11-26-21(4)18(24)20(19,3)17-16(22(15,21)25)13(23)10-14(27-17)12-8-6-5-7-9-12/h5-9,14-15,25H,10-11H2,1-4H3/t14-,15?,20-,21-,22-/m0/s1. The summed E-state index contributed by atoms with van der Waals surface area (Å²) in [5.74, 6) is -0.332. The lowest BCUT2D eigenvalue weighted by Crippen LogP contribution is -2.77. The van der Waals surface area contributed by atoms with Crippen LogP contribution in [0.5, 0.6) is 0 Å². The minimum atomic E-state index is -1.64. The van der Waals surface area contributed by atoms with Gasteiger partial charge in [0.05, 0.1) is 24.0 Å². The highest BCUT2D eigenvalue weighted by atomic mass is 16.5. The van der Waals surface area contributed by atoms with Gasteiger partial charge in [0, 0.05) is 5.92 Å². The molecule has 1 saturated carbocycles. The number of carbonyl (C=O) groups excluding carboxylic acids is 2. The largest absolute Gasteiger partial charge is 0.488 e. The molecule has 1 saturated heterocycles. The Morgan fingerprint density at radius 2 is 1.74 bits per heavy atom. The number of allylic oxidation sites excluding steroid dienone is 1. The Morgan fingerprint density at radius 3 is 2.41 bits per heavy atom. The summed E-state index contributed by atoms with van der Waals surface area (Å²) in [6.07, 6.45) is -0.300. The second kappa shape index (κ2) is 4.70. The number of hydrogen-bond acceptors (Lipinski definition) is 5. The molecule has 0 radical (unpaired) electrons. The van der Waals surface area contributed by atoms with E-state index in [2.05, 4.69) is 0 Å². The summed E-state index contributed by atoms with van der Waals surface area (Å²) in [6.45, 7) is 7.68. The van der Waals surface area contributed by atoms with Gasteiger partial charge < -0.3 is 14.6 Å². The Morgan fingerprint density at radius 1 is 1.07 bits per heavy atom. The highest BCUT2D eigenvalue weighted by Crippen LogP contribution is 2.72. The predicted molar refractivity (Wildman–Crippen MR) is 96.6 cm³/mol. The average molecular weight is 368 g/mol. The summed E-state index contributed by atoms with van der Waals surface area (Å²) in [5, 5.41) is 11.8. The van der Waals surface area contributed by atoms with E-state index in [4.69, 9.17) is 9.47 Å². The maximum absolute atomic E-state index is 13.6. The molecule has 27 heavy (non-hydrogen) atoms. The van der Waals surface area contributed by atoms with Gasteiger partial charge in [-0.05, 0) is 24.8 Å². The van der Waals surface area contributed by atoms with Crippen molar-refractivity contribution >= 4 is 11.6 Å². The van der Waals surface area contributed by atoms with Crippen LogP contribution in [0.2, 0.25) is 0 Å². The number of ketones is 2. The third-order valence-electron chi connectivity index (χ3n) is 7.96. The number of carbonyl (C=O) groups is 2. The van der Waals surface area contributed by atoms with Crippen LogP contribution in [0.1, 0.15) is 45.8 Å². The van der Waals surface area contributed by atoms with Gasteiger partial charge in [-0.3, -0.25) is 9.59 Å². The van der Waals surface area contributed by atoms with Crippen molar-refractivity contribution in [3.8, 4) is 0 Å². The fraction of sp³-hybridized carbons (Fsp3) is 0.545. The van der Waals surface area contributed by atoms with Gasteiger partial charge >= 0.3 is 0 Å². The maximum atomic E-state index is 13.6. The monoisotopic (exact) mass is 368 g/mol. The van der Waals surface area contributed by atoms with Crippen LogP contribution < -0.4 is 0 Å². The van der Waals surface area contributed by atoms with E-state index in [9.17, 15) is 14.7 Å². The number of Topliss-reactive ketones (excluding diaryl/α,β-unsaturated/α-hetero) is 2. The van der Waals surface area contributed by atoms with Crippen LogP contribution in [0.3, 0.4) is 0 Å². The zero-order valence-corrected chi connectivity index (χ0v) is 16.0. The summed E-state index contributed by atoms with van der Waals surface area (Å²) >= 11 is 0. The average Bonchev–Trinajstić information content (AvgIpc) is 2.90. The third kappa shape index (κ3) is 1.57. The summed E-state index contributed by atoms with van der Waals surface area (Å²) in [7, 11) is 0. The van der Waals surface area contributed by atoms with Gasteiger partial charge in [-0.1, -0.05) is 44.2 Å². The van der Waals surface area contributed by atoms with Crippen molar-refractivity contribution in [3.63, 3.8) is 0 Å². The van der Waals surface area contributed by atoms with Gasteiger partial charge in [-0.25, -0.2) is 0 Å². The number of hydrogen-bond donors (Lipinski definition) is 1. The molecule has 6 rings (SSSR count). The zero-order valence-electron chi connectivity index (χ0n) is 16.0. The van der Waals surface area contributed by atoms with Crippen molar-refractivity contribution in [2.75, 3.05) is 6.61 Å². The zero-order chi connectivity index (χ0) is 19.4. The quantitative estimate of drug-likeness (QED) is 0.825. The first-order chi connectivity index (χ1) is 12.6. The van der Waals surface area contributed by atoms with Gasteiger partial charge in [0.1, 0.15) is 17.5 Å². The van der Waals surface area contributed by atoms with E-state index in [0.29, 0.717) is 5.76 Å². The molecule has 1 unspecified atom stereocenters. The van der Waals surface area contributed by atoms with Gasteiger partial charge in [0.2, 0.25) is 0 Å². The Kier molecular flexibility index (Phi) is 2.99. The maximum Gasteiger partial charge on any atom is 0.181 e. The van der Waals surface area contributed by atoms with Crippen molar-refractivity contribution in [2.24, 2.45) is 16.7 Å². The number of ether oxygens (including phenoxy) is 2. The molecule has 5 aliphatic rings. The van der Waals surface area contributed by atoms with Crippen LogP contribution in [0.25, 0.3) is 0 Å². The van der Waals surface area contributed by atoms with E-state index < -0.39 is 28.1 Å². The molecule has 142 valence electrons. The molecule has 4 bridgehead atoms. The lowest BCUT2D eigenvalue weighted by molar-refractivity contribution is -0.208. The number of rotatable bonds is 1. The molecule has 2 aliphatic heterocycles. The molecular formula is C22H24O5. The Balaban J connectivity index is 1.76. The van der Waals surface area contributed by atoms with Crippen LogP contribution in [-0.2, 0) is 19.1 Å². The fourth-order valence-electron chi connectivity index (χ4n) is 5.96. The molecule has 5 nitrogen and oxygen atoms in total. The van der Waals surface area contributed by atoms with Crippen molar-refractivity contribution < 1.29 is 24.2 Å². The summed E-state index contributed by atoms with van der Waals surface area (Å²) < 4.78 is 12.2. The normalized spacial score (nSPS) is 44.3. The topological polar surface area (TPSA) is 72.8 Å². The molecule has 3 aliphatic carbocycles. The number of aliphatic hydroxyl groups is 1. The molecule has 2 heterocycles. The van der Waals surface area contributed by atoms with E-state index in [0.717, 1.165) is 5.56 Å². The minimum Gasteiger partial charge on any atom is -0.488 e. The van der Waals surface area contributed by atoms with E-state index in [1.165, 1.54) is 0 Å². The minimum absolute atomic E-state index is 0.149. The van der Waals surface area contributed by atoms with Crippen LogP contribution >= 0.6 is 0 Å². The summed E-state index contributed by atoms with van der Waals surface area (Å²) in [5.41, 5.74) is -3.51. The van der Waals surface area contributed by atoms with Crippen LogP contribution in [0.4, 0.5) is 0 Å².